The fraction of sp³-hybridized carbons (Fsp3) is 0.471. The predicted octanol–water partition coefficient (Wildman–Crippen LogP) is 5.95. The highest BCUT2D eigenvalue weighted by Crippen LogP contribution is 2.54. The van der Waals surface area contributed by atoms with Gasteiger partial charge in [-0.2, -0.15) is 43.9 Å². The van der Waals surface area contributed by atoms with Gasteiger partial charge in [-0.05, 0) is 26.0 Å². The smallest absolute Gasteiger partial charge is 0.422 e. The van der Waals surface area contributed by atoms with E-state index in [0.717, 1.165) is 12.1 Å². The zero-order chi connectivity index (χ0) is 23.3. The van der Waals surface area contributed by atoms with Crippen molar-refractivity contribution in [3.8, 4) is 0 Å². The minimum atomic E-state index is -6.97. The summed E-state index contributed by atoms with van der Waals surface area (Å²) in [6.07, 6.45) is -12.8. The summed E-state index contributed by atoms with van der Waals surface area (Å²) in [5.41, 5.74) is -9.06. The second-order valence-electron chi connectivity index (χ2n) is 6.14. The third-order valence-corrected chi connectivity index (χ3v) is 4.37. The van der Waals surface area contributed by atoms with Crippen LogP contribution in [-0.2, 0) is 12.1 Å². The lowest BCUT2D eigenvalue weighted by Crippen LogP contribution is -2.52. The van der Waals surface area contributed by atoms with Crippen LogP contribution in [0.4, 0.5) is 49.6 Å². The lowest BCUT2D eigenvalue weighted by molar-refractivity contribution is -0.360. The summed E-state index contributed by atoms with van der Waals surface area (Å²) in [5.74, 6) is -13.5. The molecule has 168 valence electrons. The van der Waals surface area contributed by atoms with E-state index >= 15 is 0 Å². The van der Waals surface area contributed by atoms with E-state index in [1.54, 1.807) is 18.7 Å². The summed E-state index contributed by atoms with van der Waals surface area (Å²) in [4.78, 5) is 13.5. The minimum absolute atomic E-state index is 0.212. The first-order chi connectivity index (χ1) is 13.5. The van der Waals surface area contributed by atoms with Gasteiger partial charge in [0.05, 0.1) is 5.56 Å². The number of halogens is 10. The zero-order valence-electron chi connectivity index (χ0n) is 15.2. The van der Waals surface area contributed by atoms with Crippen LogP contribution in [0.2, 0.25) is 0 Å². The van der Waals surface area contributed by atoms with Crippen LogP contribution in [0.25, 0.3) is 11.0 Å². The predicted molar refractivity (Wildman–Crippen MR) is 85.9 cm³/mol. The summed E-state index contributed by atoms with van der Waals surface area (Å²) >= 11 is 0. The van der Waals surface area contributed by atoms with E-state index in [2.05, 4.69) is 4.42 Å². The Kier molecular flexibility index (Phi) is 5.83. The second-order valence-corrected chi connectivity index (χ2v) is 6.14. The van der Waals surface area contributed by atoms with Gasteiger partial charge in [0.25, 0.3) is 0 Å². The molecule has 0 aliphatic carbocycles. The lowest BCUT2D eigenvalue weighted by atomic mass is 9.95. The highest BCUT2D eigenvalue weighted by atomic mass is 19.4. The molecule has 0 unspecified atom stereocenters. The number of nitrogens with zero attached hydrogens (tertiary/aromatic N) is 1. The maximum atomic E-state index is 14.1. The van der Waals surface area contributed by atoms with E-state index < -0.39 is 51.9 Å². The normalized spacial score (nSPS) is 13.7. The van der Waals surface area contributed by atoms with E-state index in [-0.39, 0.29) is 5.69 Å². The van der Waals surface area contributed by atoms with Crippen molar-refractivity contribution in [2.24, 2.45) is 0 Å². The van der Waals surface area contributed by atoms with Crippen molar-refractivity contribution in [2.45, 2.75) is 38.0 Å². The van der Waals surface area contributed by atoms with Gasteiger partial charge in [-0.25, -0.2) is 4.79 Å². The monoisotopic (exact) mass is 453 g/mol. The van der Waals surface area contributed by atoms with Crippen LogP contribution in [0.3, 0.4) is 0 Å². The van der Waals surface area contributed by atoms with Gasteiger partial charge in [0.15, 0.2) is 0 Å². The van der Waals surface area contributed by atoms with Crippen molar-refractivity contribution in [1.82, 2.24) is 0 Å². The average molecular weight is 453 g/mol. The fourth-order valence-electron chi connectivity index (χ4n) is 2.89. The Labute approximate surface area is 161 Å². The number of hydrogen-bond acceptors (Lipinski definition) is 3. The summed E-state index contributed by atoms with van der Waals surface area (Å²) in [6, 6.07) is 2.46. The molecule has 13 heteroatoms. The van der Waals surface area contributed by atoms with E-state index in [1.807, 2.05) is 0 Å². The third-order valence-electron chi connectivity index (χ3n) is 4.37. The molecule has 30 heavy (non-hydrogen) atoms. The molecule has 0 saturated heterocycles. The number of alkyl halides is 10. The first-order valence-corrected chi connectivity index (χ1v) is 8.26. The molecule has 0 amide bonds. The van der Waals surface area contributed by atoms with Gasteiger partial charge in [-0.3, -0.25) is 0 Å². The Morgan fingerprint density at radius 1 is 0.867 bits per heavy atom. The van der Waals surface area contributed by atoms with Crippen LogP contribution >= 0.6 is 0 Å². The molecule has 1 aromatic heterocycles. The van der Waals surface area contributed by atoms with Crippen molar-refractivity contribution in [3.63, 3.8) is 0 Å². The van der Waals surface area contributed by atoms with Gasteiger partial charge in [-0.15, -0.1) is 0 Å². The van der Waals surface area contributed by atoms with E-state index in [4.69, 9.17) is 0 Å². The molecule has 0 radical (unpaired) electrons. The number of fused-ring (bicyclic) bond motifs is 1. The summed E-state index contributed by atoms with van der Waals surface area (Å²) in [7, 11) is 0. The summed E-state index contributed by atoms with van der Waals surface area (Å²) < 4.78 is 137. The average Bonchev–Trinajstić information content (AvgIpc) is 2.59. The summed E-state index contributed by atoms with van der Waals surface area (Å²) in [5, 5.41) is -1.26. The van der Waals surface area contributed by atoms with E-state index in [1.165, 1.54) is 0 Å². The quantitative estimate of drug-likeness (QED) is 0.415. The molecule has 0 bridgehead atoms. The van der Waals surface area contributed by atoms with Crippen molar-refractivity contribution in [3.05, 3.63) is 39.7 Å². The van der Waals surface area contributed by atoms with Crippen LogP contribution < -0.4 is 10.5 Å². The van der Waals surface area contributed by atoms with E-state index in [0.29, 0.717) is 19.2 Å². The molecule has 0 atom stereocenters. The Morgan fingerprint density at radius 3 is 1.83 bits per heavy atom. The molecule has 3 nitrogen and oxygen atoms in total. The molecular weight excluding hydrogens is 440 g/mol. The SMILES string of the molecule is CCN(CC)c1ccc2c(C(F)(F)F)c(C(F)(F)C(F)(F)C(F)(F)F)c(=O)oc2c1. The van der Waals surface area contributed by atoms with Gasteiger partial charge in [0, 0.05) is 30.2 Å². The molecule has 0 spiro atoms. The molecule has 0 saturated carbocycles. The Hall–Kier alpha value is -2.47. The number of hydrogen-bond donors (Lipinski definition) is 0. The number of anilines is 1. The maximum absolute atomic E-state index is 14.1. The molecule has 2 aromatic rings. The van der Waals surface area contributed by atoms with Gasteiger partial charge in [-0.1, -0.05) is 0 Å². The first-order valence-electron chi connectivity index (χ1n) is 8.26. The molecule has 1 aromatic carbocycles. The van der Waals surface area contributed by atoms with Crippen LogP contribution in [0.5, 0.6) is 0 Å². The zero-order valence-corrected chi connectivity index (χ0v) is 15.2. The minimum Gasteiger partial charge on any atom is -0.422 e. The molecule has 0 aliphatic heterocycles. The van der Waals surface area contributed by atoms with Gasteiger partial charge in [0.2, 0.25) is 0 Å². The number of benzene rings is 1. The molecule has 1 heterocycles. The first kappa shape index (κ1) is 23.8. The third kappa shape index (κ3) is 3.69. The Morgan fingerprint density at radius 2 is 1.40 bits per heavy atom. The van der Waals surface area contributed by atoms with Crippen LogP contribution in [0, 0.1) is 0 Å². The van der Waals surface area contributed by atoms with Crippen molar-refractivity contribution >= 4 is 16.7 Å². The molecule has 0 N–H and O–H groups in total. The van der Waals surface area contributed by atoms with Crippen molar-refractivity contribution < 1.29 is 48.3 Å². The molecular formula is C17H13F10NO2. The lowest BCUT2D eigenvalue weighted by Gasteiger charge is -2.29. The highest BCUT2D eigenvalue weighted by molar-refractivity contribution is 5.85. The fourth-order valence-corrected chi connectivity index (χ4v) is 2.89. The Balaban J connectivity index is 2.96. The Bertz CT molecular complexity index is 987. The van der Waals surface area contributed by atoms with Crippen LogP contribution in [0.1, 0.15) is 25.0 Å². The van der Waals surface area contributed by atoms with E-state index in [9.17, 15) is 48.7 Å². The van der Waals surface area contributed by atoms with Gasteiger partial charge < -0.3 is 9.32 Å². The summed E-state index contributed by atoms with van der Waals surface area (Å²) in [6.45, 7) is 4.06. The van der Waals surface area contributed by atoms with Crippen molar-refractivity contribution in [1.29, 1.82) is 0 Å². The molecule has 0 fully saturated rings. The topological polar surface area (TPSA) is 33.5 Å². The van der Waals surface area contributed by atoms with Crippen LogP contribution in [-0.4, -0.2) is 25.2 Å². The van der Waals surface area contributed by atoms with Gasteiger partial charge in [0.1, 0.15) is 11.1 Å². The molecule has 2 rings (SSSR count). The maximum Gasteiger partial charge on any atom is 0.460 e. The van der Waals surface area contributed by atoms with Crippen LogP contribution in [0.15, 0.2) is 27.4 Å². The standard InChI is InChI=1S/C17H13F10NO2/c1-3-28(4-2)8-5-6-9-10(7-8)30-13(29)12(11(9)15(20,21)22)14(18,19)16(23,24)17(25,26)27/h5-7H,3-4H2,1-2H3. The number of rotatable bonds is 5. The largest absolute Gasteiger partial charge is 0.460 e. The molecule has 0 aliphatic rings. The van der Waals surface area contributed by atoms with Gasteiger partial charge >= 0.3 is 29.8 Å². The highest BCUT2D eigenvalue weighted by Gasteiger charge is 2.75. The van der Waals surface area contributed by atoms with Crippen molar-refractivity contribution in [2.75, 3.05) is 18.0 Å². The second kappa shape index (κ2) is 7.34.